The van der Waals surface area contributed by atoms with Crippen LogP contribution in [0, 0.1) is 13.8 Å². The summed E-state index contributed by atoms with van der Waals surface area (Å²) in [5.74, 6) is -0.949. The third-order valence-electron chi connectivity index (χ3n) is 6.34. The molecule has 224 valence electrons. The van der Waals surface area contributed by atoms with E-state index in [0.717, 1.165) is 22.4 Å². The van der Waals surface area contributed by atoms with Gasteiger partial charge < -0.3 is 19.5 Å². The second kappa shape index (κ2) is 13.9. The first-order chi connectivity index (χ1) is 20.6. The highest BCUT2D eigenvalue weighted by Crippen LogP contribution is 2.34. The molecule has 0 spiro atoms. The molecular formula is C32H32ClN3O7. The molecule has 0 bridgehead atoms. The van der Waals surface area contributed by atoms with Crippen LogP contribution in [0.3, 0.4) is 0 Å². The minimum atomic E-state index is -0.891. The molecule has 0 aromatic heterocycles. The molecule has 43 heavy (non-hydrogen) atoms. The van der Waals surface area contributed by atoms with Crippen molar-refractivity contribution in [2.45, 2.75) is 34.1 Å². The van der Waals surface area contributed by atoms with E-state index in [1.807, 2.05) is 39.0 Å². The SMILES string of the molecule is CCCOc1ccc(N2C(=O)NC(=O)/C(=C\c3ccc(OCC(=O)Nc4cc(C)ccc4C)c(Cl)c3)C2=O)cc1OCC. The largest absolute Gasteiger partial charge is 0.490 e. The first-order valence-electron chi connectivity index (χ1n) is 13.7. The fraction of sp³-hybridized carbons (Fsp3) is 0.250. The summed E-state index contributed by atoms with van der Waals surface area (Å²) in [6.45, 7) is 8.13. The number of hydrogen-bond donors (Lipinski definition) is 2. The van der Waals surface area contributed by atoms with Gasteiger partial charge in [-0.25, -0.2) is 9.69 Å². The van der Waals surface area contributed by atoms with E-state index >= 15 is 0 Å². The standard InChI is InChI=1S/C32H32ClN3O7/c1-5-13-42-27-12-10-22(17-28(27)41-6-2)36-31(39)23(30(38)35-32(36)40)15-21-9-11-26(24(33)16-21)43-18-29(37)34-25-14-19(3)7-8-20(25)4/h7-12,14-17H,5-6,13,18H2,1-4H3,(H,34,37)(H,35,38,40)/b23-15+. The lowest BCUT2D eigenvalue weighted by Crippen LogP contribution is -2.54. The lowest BCUT2D eigenvalue weighted by atomic mass is 10.1. The second-order valence-electron chi connectivity index (χ2n) is 9.72. The molecule has 1 heterocycles. The highest BCUT2D eigenvalue weighted by Gasteiger charge is 2.37. The molecule has 0 radical (unpaired) electrons. The number of aryl methyl sites for hydroxylation is 2. The number of hydrogen-bond acceptors (Lipinski definition) is 7. The van der Waals surface area contributed by atoms with Gasteiger partial charge in [-0.2, -0.15) is 0 Å². The summed E-state index contributed by atoms with van der Waals surface area (Å²) < 4.78 is 16.9. The van der Waals surface area contributed by atoms with Crippen LogP contribution >= 0.6 is 11.6 Å². The van der Waals surface area contributed by atoms with Crippen LogP contribution in [0.5, 0.6) is 17.2 Å². The van der Waals surface area contributed by atoms with Gasteiger partial charge in [0.25, 0.3) is 17.7 Å². The molecule has 0 unspecified atom stereocenters. The molecule has 0 aliphatic carbocycles. The summed E-state index contributed by atoms with van der Waals surface area (Å²) in [6.07, 6.45) is 2.11. The molecule has 5 amide bonds. The Bertz CT molecular complexity index is 1600. The van der Waals surface area contributed by atoms with Crippen molar-refractivity contribution in [1.82, 2.24) is 5.32 Å². The molecule has 0 atom stereocenters. The molecule has 3 aromatic carbocycles. The first kappa shape index (κ1) is 31.1. The molecule has 1 aliphatic rings. The number of carbonyl (C=O) groups excluding carboxylic acids is 4. The number of ether oxygens (including phenoxy) is 3. The maximum absolute atomic E-state index is 13.4. The third-order valence-corrected chi connectivity index (χ3v) is 6.64. The van der Waals surface area contributed by atoms with Crippen molar-refractivity contribution >= 4 is 52.8 Å². The number of barbiturate groups is 1. The molecule has 11 heteroatoms. The molecule has 1 aliphatic heterocycles. The van der Waals surface area contributed by atoms with Gasteiger partial charge in [0.05, 0.1) is 23.9 Å². The summed E-state index contributed by atoms with van der Waals surface area (Å²) in [5, 5.41) is 5.18. The minimum absolute atomic E-state index is 0.162. The predicted octanol–water partition coefficient (Wildman–Crippen LogP) is 5.83. The van der Waals surface area contributed by atoms with Crippen molar-refractivity contribution in [2.75, 3.05) is 30.0 Å². The summed E-state index contributed by atoms with van der Waals surface area (Å²) in [7, 11) is 0. The van der Waals surface area contributed by atoms with Gasteiger partial charge in [0.2, 0.25) is 0 Å². The molecule has 3 aromatic rings. The average Bonchev–Trinajstić information content (AvgIpc) is 2.96. The number of urea groups is 1. The molecule has 10 nitrogen and oxygen atoms in total. The van der Waals surface area contributed by atoms with E-state index in [4.69, 9.17) is 25.8 Å². The maximum atomic E-state index is 13.4. The van der Waals surface area contributed by atoms with Gasteiger partial charge in [-0.3, -0.25) is 19.7 Å². The number of nitrogens with zero attached hydrogens (tertiary/aromatic N) is 1. The Morgan fingerprint density at radius 3 is 2.42 bits per heavy atom. The van der Waals surface area contributed by atoms with Crippen LogP contribution in [-0.4, -0.2) is 43.6 Å². The summed E-state index contributed by atoms with van der Waals surface area (Å²) in [5.41, 5.74) is 2.96. The quantitative estimate of drug-likeness (QED) is 0.208. The van der Waals surface area contributed by atoms with Crippen molar-refractivity contribution in [1.29, 1.82) is 0 Å². The van der Waals surface area contributed by atoms with E-state index in [2.05, 4.69) is 10.6 Å². The van der Waals surface area contributed by atoms with Crippen LogP contribution in [0.4, 0.5) is 16.2 Å². The summed E-state index contributed by atoms with van der Waals surface area (Å²) >= 11 is 6.39. The molecular weight excluding hydrogens is 574 g/mol. The van der Waals surface area contributed by atoms with Crippen LogP contribution in [-0.2, 0) is 14.4 Å². The Balaban J connectivity index is 1.50. The number of amides is 5. The normalized spacial score (nSPS) is 14.0. The zero-order chi connectivity index (χ0) is 31.1. The number of halogens is 1. The zero-order valence-corrected chi connectivity index (χ0v) is 25.0. The van der Waals surface area contributed by atoms with Crippen LogP contribution < -0.4 is 29.7 Å². The van der Waals surface area contributed by atoms with E-state index in [-0.39, 0.29) is 34.5 Å². The van der Waals surface area contributed by atoms with Gasteiger partial charge in [-0.1, -0.05) is 36.7 Å². The van der Waals surface area contributed by atoms with E-state index < -0.39 is 17.8 Å². The van der Waals surface area contributed by atoms with Crippen molar-refractivity contribution in [3.05, 3.63) is 81.9 Å². The minimum Gasteiger partial charge on any atom is -0.490 e. The number of benzene rings is 3. The highest BCUT2D eigenvalue weighted by molar-refractivity contribution is 6.39. The fourth-order valence-corrected chi connectivity index (χ4v) is 4.46. The molecule has 2 N–H and O–H groups in total. The second-order valence-corrected chi connectivity index (χ2v) is 10.1. The summed E-state index contributed by atoms with van der Waals surface area (Å²) in [6, 6.07) is 14.1. The average molecular weight is 606 g/mol. The fourth-order valence-electron chi connectivity index (χ4n) is 4.22. The van der Waals surface area contributed by atoms with E-state index in [1.54, 1.807) is 19.1 Å². The molecule has 4 rings (SSSR count). The number of carbonyl (C=O) groups is 4. The van der Waals surface area contributed by atoms with E-state index in [1.165, 1.54) is 30.3 Å². The van der Waals surface area contributed by atoms with Crippen molar-refractivity contribution in [3.8, 4) is 17.2 Å². The van der Waals surface area contributed by atoms with Crippen LogP contribution in [0.25, 0.3) is 6.08 Å². The highest BCUT2D eigenvalue weighted by atomic mass is 35.5. The van der Waals surface area contributed by atoms with Crippen LogP contribution in [0.1, 0.15) is 37.0 Å². The van der Waals surface area contributed by atoms with Gasteiger partial charge >= 0.3 is 6.03 Å². The maximum Gasteiger partial charge on any atom is 0.335 e. The van der Waals surface area contributed by atoms with Gasteiger partial charge in [-0.15, -0.1) is 0 Å². The summed E-state index contributed by atoms with van der Waals surface area (Å²) in [4.78, 5) is 52.1. The number of nitrogens with one attached hydrogen (secondary N) is 2. The smallest absolute Gasteiger partial charge is 0.335 e. The lowest BCUT2D eigenvalue weighted by molar-refractivity contribution is -0.122. The van der Waals surface area contributed by atoms with Gasteiger partial charge in [-0.05, 0) is 80.3 Å². The Morgan fingerprint density at radius 2 is 1.70 bits per heavy atom. The van der Waals surface area contributed by atoms with Crippen molar-refractivity contribution < 1.29 is 33.4 Å². The Morgan fingerprint density at radius 1 is 0.930 bits per heavy atom. The lowest BCUT2D eigenvalue weighted by Gasteiger charge is -2.27. The Hall–Kier alpha value is -4.83. The van der Waals surface area contributed by atoms with Crippen LogP contribution in [0.2, 0.25) is 5.02 Å². The van der Waals surface area contributed by atoms with Crippen LogP contribution in [0.15, 0.2) is 60.2 Å². The van der Waals surface area contributed by atoms with E-state index in [0.29, 0.717) is 36.0 Å². The van der Waals surface area contributed by atoms with Crippen molar-refractivity contribution in [2.24, 2.45) is 0 Å². The molecule has 1 saturated heterocycles. The topological polar surface area (TPSA) is 123 Å². The zero-order valence-electron chi connectivity index (χ0n) is 24.3. The van der Waals surface area contributed by atoms with Gasteiger partial charge in [0.1, 0.15) is 11.3 Å². The van der Waals surface area contributed by atoms with Gasteiger partial charge in [0.15, 0.2) is 18.1 Å². The Kier molecular flexibility index (Phi) is 10.0. The monoisotopic (exact) mass is 605 g/mol. The molecule has 1 fully saturated rings. The molecule has 0 saturated carbocycles. The van der Waals surface area contributed by atoms with Gasteiger partial charge in [0, 0.05) is 11.8 Å². The first-order valence-corrected chi connectivity index (χ1v) is 14.1. The Labute approximate surface area is 254 Å². The predicted molar refractivity (Wildman–Crippen MR) is 164 cm³/mol. The number of imide groups is 2. The number of anilines is 2. The van der Waals surface area contributed by atoms with Crippen molar-refractivity contribution in [3.63, 3.8) is 0 Å². The van der Waals surface area contributed by atoms with E-state index in [9.17, 15) is 19.2 Å². The number of rotatable bonds is 11. The third kappa shape index (κ3) is 7.52.